The molecule has 3 saturated carbocycles. The molecular formula is C31H46O4. The Labute approximate surface area is 212 Å². The largest absolute Gasteiger partial charge is 0.353 e. The minimum absolute atomic E-state index is 0.00442. The summed E-state index contributed by atoms with van der Waals surface area (Å²) in [7, 11) is 0. The van der Waals surface area contributed by atoms with Gasteiger partial charge in [-0.2, -0.15) is 0 Å². The van der Waals surface area contributed by atoms with Gasteiger partial charge in [0, 0.05) is 25.0 Å². The van der Waals surface area contributed by atoms with Gasteiger partial charge in [0.05, 0.1) is 12.2 Å². The molecule has 0 amide bonds. The summed E-state index contributed by atoms with van der Waals surface area (Å²) in [6, 6.07) is 0. The highest BCUT2D eigenvalue weighted by Gasteiger charge is 2.60. The van der Waals surface area contributed by atoms with E-state index in [0.717, 1.165) is 57.2 Å². The minimum Gasteiger partial charge on any atom is -0.353 e. The number of hydrogen-bond donors (Lipinski definition) is 0. The van der Waals surface area contributed by atoms with Gasteiger partial charge in [-0.3, -0.25) is 0 Å². The summed E-state index contributed by atoms with van der Waals surface area (Å²) in [5.41, 5.74) is 2.09. The molecule has 35 heavy (non-hydrogen) atoms. The maximum atomic E-state index is 6.67. The predicted molar refractivity (Wildman–Crippen MR) is 136 cm³/mol. The molecule has 0 radical (unpaired) electrons. The zero-order valence-corrected chi connectivity index (χ0v) is 21.8. The molecule has 0 bridgehead atoms. The SMILES string of the molecule is C#CC[C@]12CC[C@H](OC3CCCCO3)CC1=CC[C@@H]1[C@@H]2CC[C@]2(C)[C@@H](OC3CCCCO3)CC[C@@H]12. The number of hydrogen-bond acceptors (Lipinski definition) is 4. The maximum Gasteiger partial charge on any atom is 0.157 e. The van der Waals surface area contributed by atoms with Crippen molar-refractivity contribution in [2.45, 2.75) is 128 Å². The molecule has 2 unspecified atom stereocenters. The molecule has 0 aromatic carbocycles. The van der Waals surface area contributed by atoms with E-state index in [1.807, 2.05) is 0 Å². The van der Waals surface area contributed by atoms with Gasteiger partial charge in [0.1, 0.15) is 0 Å². The number of rotatable bonds is 5. The third-order valence-corrected chi connectivity index (χ3v) is 11.0. The molecular weight excluding hydrogens is 436 g/mol. The van der Waals surface area contributed by atoms with Gasteiger partial charge in [-0.25, -0.2) is 0 Å². The lowest BCUT2D eigenvalue weighted by Gasteiger charge is -2.59. The molecule has 2 heterocycles. The van der Waals surface area contributed by atoms with Crippen molar-refractivity contribution in [3.05, 3.63) is 11.6 Å². The van der Waals surface area contributed by atoms with E-state index >= 15 is 0 Å². The Hall–Kier alpha value is -0.860. The second kappa shape index (κ2) is 10.1. The monoisotopic (exact) mass is 482 g/mol. The summed E-state index contributed by atoms with van der Waals surface area (Å²) < 4.78 is 25.0. The van der Waals surface area contributed by atoms with Crippen LogP contribution in [0.1, 0.15) is 103 Å². The molecule has 0 N–H and O–H groups in total. The molecule has 4 nitrogen and oxygen atoms in total. The minimum atomic E-state index is 0.00442. The van der Waals surface area contributed by atoms with E-state index in [0.29, 0.717) is 18.1 Å². The fourth-order valence-corrected chi connectivity index (χ4v) is 9.26. The molecule has 9 atom stereocenters. The van der Waals surface area contributed by atoms with Gasteiger partial charge in [-0.05, 0) is 113 Å². The topological polar surface area (TPSA) is 36.9 Å². The van der Waals surface area contributed by atoms with Gasteiger partial charge in [0.25, 0.3) is 0 Å². The van der Waals surface area contributed by atoms with E-state index in [4.69, 9.17) is 25.4 Å². The molecule has 4 aliphatic carbocycles. The van der Waals surface area contributed by atoms with Crippen LogP contribution in [0.25, 0.3) is 0 Å². The van der Waals surface area contributed by atoms with Crippen molar-refractivity contribution in [2.24, 2.45) is 28.6 Å². The van der Waals surface area contributed by atoms with Crippen molar-refractivity contribution in [1.29, 1.82) is 0 Å². The zero-order valence-electron chi connectivity index (χ0n) is 21.8. The van der Waals surface area contributed by atoms with Crippen LogP contribution >= 0.6 is 0 Å². The first kappa shape index (κ1) is 24.5. The normalized spacial score (nSPS) is 47.7. The molecule has 2 saturated heterocycles. The van der Waals surface area contributed by atoms with Crippen molar-refractivity contribution in [1.82, 2.24) is 0 Å². The van der Waals surface area contributed by atoms with Gasteiger partial charge in [-0.15, -0.1) is 12.3 Å². The summed E-state index contributed by atoms with van der Waals surface area (Å²) in [4.78, 5) is 0. The summed E-state index contributed by atoms with van der Waals surface area (Å²) >= 11 is 0. The second-order valence-electron chi connectivity index (χ2n) is 12.7. The Balaban J connectivity index is 1.18. The molecule has 2 aliphatic heterocycles. The first-order chi connectivity index (χ1) is 17.1. The number of fused-ring (bicyclic) bond motifs is 5. The van der Waals surface area contributed by atoms with Crippen molar-refractivity contribution >= 4 is 0 Å². The number of terminal acetylenes is 1. The average molecular weight is 483 g/mol. The first-order valence-electron chi connectivity index (χ1n) is 14.8. The summed E-state index contributed by atoms with van der Waals surface area (Å²) in [6.07, 6.45) is 26.8. The van der Waals surface area contributed by atoms with E-state index < -0.39 is 0 Å². The highest BCUT2D eigenvalue weighted by Crippen LogP contribution is 2.66. The summed E-state index contributed by atoms with van der Waals surface area (Å²) in [6.45, 7) is 4.25. The van der Waals surface area contributed by atoms with Gasteiger partial charge in [-0.1, -0.05) is 18.6 Å². The van der Waals surface area contributed by atoms with Crippen LogP contribution in [0, 0.1) is 40.9 Å². The Morgan fingerprint density at radius 1 is 0.914 bits per heavy atom. The lowest BCUT2D eigenvalue weighted by Crippen LogP contribution is -2.53. The van der Waals surface area contributed by atoms with E-state index in [-0.39, 0.29) is 23.4 Å². The fourth-order valence-electron chi connectivity index (χ4n) is 9.26. The number of ether oxygens (including phenoxy) is 4. The molecule has 5 fully saturated rings. The van der Waals surface area contributed by atoms with E-state index in [2.05, 4.69) is 18.9 Å². The lowest BCUT2D eigenvalue weighted by molar-refractivity contribution is -0.216. The van der Waals surface area contributed by atoms with Crippen molar-refractivity contribution in [3.63, 3.8) is 0 Å². The lowest BCUT2D eigenvalue weighted by atomic mass is 9.46. The van der Waals surface area contributed by atoms with Gasteiger partial charge in [0.15, 0.2) is 12.6 Å². The molecule has 0 aromatic heterocycles. The van der Waals surface area contributed by atoms with Gasteiger partial charge >= 0.3 is 0 Å². The number of allylic oxidation sites excluding steroid dienone is 1. The summed E-state index contributed by atoms with van der Waals surface area (Å²) in [5.74, 6) is 5.34. The third kappa shape index (κ3) is 4.43. The highest BCUT2D eigenvalue weighted by molar-refractivity contribution is 5.28. The molecule has 0 aromatic rings. The quantitative estimate of drug-likeness (QED) is 0.320. The van der Waals surface area contributed by atoms with Crippen LogP contribution < -0.4 is 0 Å². The Morgan fingerprint density at radius 3 is 2.40 bits per heavy atom. The molecule has 0 spiro atoms. The predicted octanol–water partition coefficient (Wildman–Crippen LogP) is 6.78. The molecule has 194 valence electrons. The Kier molecular flexibility index (Phi) is 7.08. The Morgan fingerprint density at radius 2 is 1.69 bits per heavy atom. The van der Waals surface area contributed by atoms with E-state index in [9.17, 15) is 0 Å². The van der Waals surface area contributed by atoms with Gasteiger partial charge < -0.3 is 18.9 Å². The maximum absolute atomic E-state index is 6.67. The Bertz CT molecular complexity index is 818. The van der Waals surface area contributed by atoms with Crippen LogP contribution in [-0.4, -0.2) is 38.0 Å². The van der Waals surface area contributed by atoms with Crippen molar-refractivity contribution < 1.29 is 18.9 Å². The van der Waals surface area contributed by atoms with Crippen molar-refractivity contribution in [3.8, 4) is 12.3 Å². The molecule has 4 heteroatoms. The van der Waals surface area contributed by atoms with Crippen molar-refractivity contribution in [2.75, 3.05) is 13.2 Å². The standard InChI is InChI=1S/C31H46O4/c1-3-16-31-18-14-23(34-28-8-4-6-19-32-28)21-22(31)10-11-24-25-12-13-27(30(25,2)17-15-26(24)31)35-29-9-5-7-20-33-29/h1,10,23-29H,4-9,11-21H2,2H3/t23-,24-,25-,26-,27-,28?,29?,30-,31-/m0/s1. The first-order valence-corrected chi connectivity index (χ1v) is 14.8. The van der Waals surface area contributed by atoms with Crippen LogP contribution in [0.15, 0.2) is 11.6 Å². The van der Waals surface area contributed by atoms with Gasteiger partial charge in [0.2, 0.25) is 0 Å². The summed E-state index contributed by atoms with van der Waals surface area (Å²) in [5, 5.41) is 0. The average Bonchev–Trinajstić information content (AvgIpc) is 3.21. The van der Waals surface area contributed by atoms with Crippen LogP contribution in [0.5, 0.6) is 0 Å². The smallest absolute Gasteiger partial charge is 0.157 e. The fraction of sp³-hybridized carbons (Fsp3) is 0.871. The van der Waals surface area contributed by atoms with Crippen LogP contribution in [0.4, 0.5) is 0 Å². The second-order valence-corrected chi connectivity index (χ2v) is 12.7. The highest BCUT2D eigenvalue weighted by atomic mass is 16.7. The molecule has 6 rings (SSSR count). The van der Waals surface area contributed by atoms with E-state index in [1.54, 1.807) is 5.57 Å². The van der Waals surface area contributed by atoms with Crippen LogP contribution in [-0.2, 0) is 18.9 Å². The third-order valence-electron chi connectivity index (χ3n) is 11.0. The molecule has 6 aliphatic rings. The van der Waals surface area contributed by atoms with Crippen LogP contribution in [0.3, 0.4) is 0 Å². The zero-order chi connectivity index (χ0) is 23.9. The van der Waals surface area contributed by atoms with Crippen LogP contribution in [0.2, 0.25) is 0 Å². The van der Waals surface area contributed by atoms with E-state index in [1.165, 1.54) is 64.2 Å².